The molecule has 0 fully saturated rings. The number of ether oxygens (including phenoxy) is 1. The van der Waals surface area contributed by atoms with E-state index in [1.807, 2.05) is 36.4 Å². The van der Waals surface area contributed by atoms with E-state index in [0.29, 0.717) is 29.4 Å². The Balaban J connectivity index is 1.52. The van der Waals surface area contributed by atoms with Gasteiger partial charge in [-0.05, 0) is 48.0 Å². The van der Waals surface area contributed by atoms with Gasteiger partial charge in [-0.15, -0.1) is 0 Å². The number of anilines is 1. The summed E-state index contributed by atoms with van der Waals surface area (Å²) in [7, 11) is 0. The van der Waals surface area contributed by atoms with Gasteiger partial charge in [0.25, 0.3) is 5.91 Å². The van der Waals surface area contributed by atoms with Crippen LogP contribution in [0.1, 0.15) is 15.9 Å². The molecule has 162 valence electrons. The van der Waals surface area contributed by atoms with Gasteiger partial charge < -0.3 is 15.4 Å². The molecule has 1 amide bonds. The van der Waals surface area contributed by atoms with Crippen molar-refractivity contribution in [1.29, 1.82) is 0 Å². The largest absolute Gasteiger partial charge is 0.492 e. The number of hydrogen-bond donors (Lipinski definition) is 2. The van der Waals surface area contributed by atoms with Crippen molar-refractivity contribution in [3.05, 3.63) is 89.5 Å². The predicted molar refractivity (Wildman–Crippen MR) is 122 cm³/mol. The lowest BCUT2D eigenvalue weighted by Gasteiger charge is -2.23. The number of pyridine rings is 2. The molecule has 0 aliphatic heterocycles. The molecule has 0 bridgehead atoms. The highest BCUT2D eigenvalue weighted by Gasteiger charge is 2.20. The summed E-state index contributed by atoms with van der Waals surface area (Å²) in [4.78, 5) is 23.4. The van der Waals surface area contributed by atoms with Gasteiger partial charge in [0.15, 0.2) is 5.82 Å². The number of aromatic nitrogens is 4. The summed E-state index contributed by atoms with van der Waals surface area (Å²) in [6.45, 7) is 0.961. The molecule has 3 heterocycles. The Morgan fingerprint density at radius 1 is 1.16 bits per heavy atom. The normalized spacial score (nSPS) is 10.7. The molecule has 0 radical (unpaired) electrons. The van der Waals surface area contributed by atoms with Crippen molar-refractivity contribution >= 4 is 23.3 Å². The number of nitrogen functional groups attached to an aromatic ring is 1. The number of amides is 1. The van der Waals surface area contributed by atoms with Crippen LogP contribution in [0.25, 0.3) is 11.3 Å². The molecule has 0 aliphatic rings. The van der Waals surface area contributed by atoms with Crippen molar-refractivity contribution in [2.75, 3.05) is 18.9 Å². The number of aromatic amines is 1. The molecular formula is C23H21ClN6O2. The third-order valence-corrected chi connectivity index (χ3v) is 5.00. The quantitative estimate of drug-likeness (QED) is 0.424. The zero-order chi connectivity index (χ0) is 22.3. The van der Waals surface area contributed by atoms with Crippen LogP contribution in [0.15, 0.2) is 73.3 Å². The van der Waals surface area contributed by atoms with E-state index >= 15 is 0 Å². The number of H-pyrrole nitrogens is 1. The minimum absolute atomic E-state index is 0.154. The monoisotopic (exact) mass is 448 g/mol. The third kappa shape index (κ3) is 5.22. The van der Waals surface area contributed by atoms with Gasteiger partial charge in [0.1, 0.15) is 17.9 Å². The van der Waals surface area contributed by atoms with Gasteiger partial charge in [-0.25, -0.2) is 0 Å². The van der Waals surface area contributed by atoms with E-state index in [9.17, 15) is 4.79 Å². The number of nitrogens with zero attached hydrogens (tertiary/aromatic N) is 4. The van der Waals surface area contributed by atoms with Gasteiger partial charge in [-0.2, -0.15) is 5.10 Å². The van der Waals surface area contributed by atoms with Crippen molar-refractivity contribution in [2.45, 2.75) is 6.54 Å². The van der Waals surface area contributed by atoms with Gasteiger partial charge in [-0.3, -0.25) is 19.9 Å². The SMILES string of the molecule is Nc1n[nH]cc1C(=O)N(CCOc1cccc(Cl)c1)Cc1ccnc(-c2cccnc2)c1. The van der Waals surface area contributed by atoms with Crippen molar-refractivity contribution in [3.8, 4) is 17.0 Å². The molecule has 4 aromatic rings. The molecule has 0 unspecified atom stereocenters. The minimum atomic E-state index is -0.245. The summed E-state index contributed by atoms with van der Waals surface area (Å²) in [6.07, 6.45) is 6.67. The van der Waals surface area contributed by atoms with E-state index in [-0.39, 0.29) is 18.3 Å². The summed E-state index contributed by atoms with van der Waals surface area (Å²) in [5.74, 6) is 0.544. The van der Waals surface area contributed by atoms with E-state index in [2.05, 4.69) is 20.2 Å². The molecule has 0 saturated heterocycles. The van der Waals surface area contributed by atoms with Crippen molar-refractivity contribution in [3.63, 3.8) is 0 Å². The Hall–Kier alpha value is -3.91. The van der Waals surface area contributed by atoms with Gasteiger partial charge >= 0.3 is 0 Å². The first-order chi connectivity index (χ1) is 15.6. The van der Waals surface area contributed by atoms with Crippen LogP contribution in [0, 0.1) is 0 Å². The molecule has 0 aliphatic carbocycles. The molecule has 1 aromatic carbocycles. The van der Waals surface area contributed by atoms with Gasteiger partial charge in [0, 0.05) is 41.9 Å². The Morgan fingerprint density at radius 3 is 2.81 bits per heavy atom. The highest BCUT2D eigenvalue weighted by atomic mass is 35.5. The molecule has 0 spiro atoms. The summed E-state index contributed by atoms with van der Waals surface area (Å²) in [5.41, 5.74) is 8.76. The van der Waals surface area contributed by atoms with E-state index in [4.69, 9.17) is 22.1 Å². The Bertz CT molecular complexity index is 1200. The topological polar surface area (TPSA) is 110 Å². The second kappa shape index (κ2) is 9.93. The van der Waals surface area contributed by atoms with Crippen LogP contribution in [0.2, 0.25) is 5.02 Å². The average molecular weight is 449 g/mol. The lowest BCUT2D eigenvalue weighted by atomic mass is 10.1. The summed E-state index contributed by atoms with van der Waals surface area (Å²) < 4.78 is 5.79. The van der Waals surface area contributed by atoms with E-state index in [1.54, 1.807) is 35.6 Å². The van der Waals surface area contributed by atoms with Crippen LogP contribution in [0.4, 0.5) is 5.82 Å². The van der Waals surface area contributed by atoms with Crippen LogP contribution in [-0.4, -0.2) is 44.1 Å². The number of hydrogen-bond acceptors (Lipinski definition) is 6. The first-order valence-corrected chi connectivity index (χ1v) is 10.3. The van der Waals surface area contributed by atoms with E-state index in [0.717, 1.165) is 16.8 Å². The zero-order valence-corrected chi connectivity index (χ0v) is 17.9. The van der Waals surface area contributed by atoms with Crippen LogP contribution in [-0.2, 0) is 6.54 Å². The lowest BCUT2D eigenvalue weighted by molar-refractivity contribution is 0.0717. The maximum atomic E-state index is 13.2. The number of rotatable bonds is 8. The number of carbonyl (C=O) groups excluding carboxylic acids is 1. The van der Waals surface area contributed by atoms with Gasteiger partial charge in [0.2, 0.25) is 0 Å². The maximum Gasteiger partial charge on any atom is 0.259 e. The Labute approximate surface area is 190 Å². The van der Waals surface area contributed by atoms with Gasteiger partial charge in [-0.1, -0.05) is 17.7 Å². The van der Waals surface area contributed by atoms with Crippen molar-refractivity contribution in [2.24, 2.45) is 0 Å². The van der Waals surface area contributed by atoms with Crippen molar-refractivity contribution < 1.29 is 9.53 Å². The number of halogens is 1. The highest BCUT2D eigenvalue weighted by molar-refractivity contribution is 6.30. The molecule has 3 aromatic heterocycles. The minimum Gasteiger partial charge on any atom is -0.492 e. The second-order valence-electron chi connectivity index (χ2n) is 7.01. The fourth-order valence-corrected chi connectivity index (χ4v) is 3.37. The zero-order valence-electron chi connectivity index (χ0n) is 17.1. The van der Waals surface area contributed by atoms with E-state index in [1.165, 1.54) is 6.20 Å². The molecule has 4 rings (SSSR count). The van der Waals surface area contributed by atoms with Crippen LogP contribution < -0.4 is 10.5 Å². The number of benzene rings is 1. The Morgan fingerprint density at radius 2 is 2.06 bits per heavy atom. The Kier molecular flexibility index (Phi) is 6.62. The summed E-state index contributed by atoms with van der Waals surface area (Å²) >= 11 is 6.02. The maximum absolute atomic E-state index is 13.2. The van der Waals surface area contributed by atoms with Gasteiger partial charge in [0.05, 0.1) is 12.2 Å². The van der Waals surface area contributed by atoms with Crippen LogP contribution in [0.5, 0.6) is 5.75 Å². The lowest BCUT2D eigenvalue weighted by Crippen LogP contribution is -2.34. The fraction of sp³-hybridized carbons (Fsp3) is 0.130. The van der Waals surface area contributed by atoms with E-state index < -0.39 is 0 Å². The van der Waals surface area contributed by atoms with Crippen LogP contribution in [0.3, 0.4) is 0 Å². The highest BCUT2D eigenvalue weighted by Crippen LogP contribution is 2.20. The second-order valence-corrected chi connectivity index (χ2v) is 7.44. The fourth-order valence-electron chi connectivity index (χ4n) is 3.19. The van der Waals surface area contributed by atoms with Crippen molar-refractivity contribution in [1.82, 2.24) is 25.1 Å². The summed E-state index contributed by atoms with van der Waals surface area (Å²) in [6, 6.07) is 14.7. The van der Waals surface area contributed by atoms with Crippen LogP contribution >= 0.6 is 11.6 Å². The number of nitrogens with one attached hydrogen (secondary N) is 1. The summed E-state index contributed by atoms with van der Waals surface area (Å²) in [5, 5.41) is 7.08. The molecular weight excluding hydrogens is 428 g/mol. The third-order valence-electron chi connectivity index (χ3n) is 4.77. The first-order valence-electron chi connectivity index (χ1n) is 9.92. The molecule has 0 atom stereocenters. The standard InChI is InChI=1S/C23H21ClN6O2/c24-18-4-1-5-19(12-18)32-10-9-30(23(31)20-14-28-29-22(20)25)15-16-6-8-27-21(11-16)17-3-2-7-26-13-17/h1-8,11-14H,9-10,15H2,(H3,25,28,29). The predicted octanol–water partition coefficient (Wildman–Crippen LogP) is 3.82. The number of carbonyl (C=O) groups is 1. The molecule has 32 heavy (non-hydrogen) atoms. The number of nitrogens with two attached hydrogens (primary N) is 1. The molecule has 3 N–H and O–H groups in total. The molecule has 0 saturated carbocycles. The average Bonchev–Trinajstić information content (AvgIpc) is 3.24. The molecule has 8 nitrogen and oxygen atoms in total. The first kappa shape index (κ1) is 21.3. The molecule has 9 heteroatoms. The smallest absolute Gasteiger partial charge is 0.259 e.